The number of hydrogen-bond donors (Lipinski definition) is 3. The number of fused-ring (bicyclic) bond motifs is 1. The minimum atomic E-state index is -0.364. The van der Waals surface area contributed by atoms with Crippen molar-refractivity contribution in [3.05, 3.63) is 76.8 Å². The normalized spacial score (nSPS) is 10.9. The molecule has 0 unspecified atom stereocenters. The van der Waals surface area contributed by atoms with Crippen LogP contribution < -0.4 is 21.5 Å². The Morgan fingerprint density at radius 1 is 1.19 bits per heavy atom. The van der Waals surface area contributed by atoms with Gasteiger partial charge in [0.1, 0.15) is 18.0 Å². The zero-order valence-corrected chi connectivity index (χ0v) is 17.1. The van der Waals surface area contributed by atoms with E-state index >= 15 is 0 Å². The Kier molecular flexibility index (Phi) is 5.81. The molecule has 8 nitrogen and oxygen atoms in total. The summed E-state index contributed by atoms with van der Waals surface area (Å²) in [5, 5.41) is 3.51. The lowest BCUT2D eigenvalue weighted by atomic mass is 10.1. The molecule has 4 N–H and O–H groups in total. The molecule has 0 saturated heterocycles. The smallest absolute Gasteiger partial charge is 0.354 e. The van der Waals surface area contributed by atoms with Crippen LogP contribution in [0.3, 0.4) is 0 Å². The van der Waals surface area contributed by atoms with E-state index in [9.17, 15) is 9.59 Å². The molecule has 0 radical (unpaired) electrons. The van der Waals surface area contributed by atoms with Gasteiger partial charge in [-0.15, -0.1) is 0 Å². The second-order valence-electron chi connectivity index (χ2n) is 7.11. The maximum Gasteiger partial charge on any atom is 0.354 e. The minimum Gasteiger partial charge on any atom is -0.492 e. The Hall–Kier alpha value is -3.91. The van der Waals surface area contributed by atoms with E-state index in [1.54, 1.807) is 6.20 Å². The molecule has 1 amide bonds. The number of carbonyl (C=O) groups is 1. The van der Waals surface area contributed by atoms with E-state index in [1.807, 2.05) is 54.6 Å². The number of nitrogens with zero attached hydrogens (tertiary/aromatic N) is 2. The summed E-state index contributed by atoms with van der Waals surface area (Å²) in [7, 11) is 0. The third-order valence-electron chi connectivity index (χ3n) is 4.85. The molecule has 31 heavy (non-hydrogen) atoms. The van der Waals surface area contributed by atoms with Gasteiger partial charge >= 0.3 is 5.69 Å². The molecule has 158 valence electrons. The van der Waals surface area contributed by atoms with Crippen LogP contribution in [0, 0.1) is 0 Å². The Morgan fingerprint density at radius 3 is 2.74 bits per heavy atom. The molecule has 0 spiro atoms. The maximum absolute atomic E-state index is 12.5. The molecule has 0 aliphatic heterocycles. The lowest BCUT2D eigenvalue weighted by molar-refractivity contribution is -0.119. The van der Waals surface area contributed by atoms with Gasteiger partial charge in [-0.1, -0.05) is 24.3 Å². The Labute approximate surface area is 178 Å². The van der Waals surface area contributed by atoms with Crippen molar-refractivity contribution in [2.45, 2.75) is 13.5 Å². The van der Waals surface area contributed by atoms with E-state index in [-0.39, 0.29) is 11.6 Å². The second kappa shape index (κ2) is 8.85. The van der Waals surface area contributed by atoms with Crippen LogP contribution in [0.1, 0.15) is 12.5 Å². The molecule has 0 fully saturated rings. The molecule has 0 aliphatic rings. The van der Waals surface area contributed by atoms with Gasteiger partial charge in [-0.3, -0.25) is 9.36 Å². The number of aromatic amines is 1. The van der Waals surface area contributed by atoms with Gasteiger partial charge in [-0.25, -0.2) is 4.79 Å². The molecule has 8 heteroatoms. The van der Waals surface area contributed by atoms with Crippen LogP contribution in [-0.2, 0) is 11.3 Å². The summed E-state index contributed by atoms with van der Waals surface area (Å²) in [6, 6.07) is 17.0. The molecular weight excluding hydrogens is 394 g/mol. The predicted molar refractivity (Wildman–Crippen MR) is 119 cm³/mol. The van der Waals surface area contributed by atoms with Crippen LogP contribution in [0.5, 0.6) is 5.75 Å². The highest BCUT2D eigenvalue weighted by Gasteiger charge is 2.10. The summed E-state index contributed by atoms with van der Waals surface area (Å²) in [4.78, 5) is 30.9. The number of amides is 1. The molecule has 0 bridgehead atoms. The van der Waals surface area contributed by atoms with E-state index in [1.165, 1.54) is 11.5 Å². The van der Waals surface area contributed by atoms with Crippen molar-refractivity contribution >= 4 is 16.9 Å². The fourth-order valence-corrected chi connectivity index (χ4v) is 3.28. The zero-order valence-electron chi connectivity index (χ0n) is 17.1. The highest BCUT2D eigenvalue weighted by molar-refractivity contribution is 5.82. The Bertz CT molecular complexity index is 1270. The molecule has 4 aromatic rings. The Morgan fingerprint density at radius 2 is 2.00 bits per heavy atom. The maximum atomic E-state index is 12.5. The first-order valence-electron chi connectivity index (χ1n) is 9.93. The number of carbonyl (C=O) groups excluding carboxylic acids is 1. The van der Waals surface area contributed by atoms with Crippen molar-refractivity contribution < 1.29 is 9.53 Å². The number of rotatable bonds is 7. The first kappa shape index (κ1) is 20.4. The van der Waals surface area contributed by atoms with Gasteiger partial charge in [0, 0.05) is 36.3 Å². The number of aromatic nitrogens is 3. The van der Waals surface area contributed by atoms with Gasteiger partial charge in [-0.2, -0.15) is 4.98 Å². The van der Waals surface area contributed by atoms with E-state index in [0.29, 0.717) is 31.1 Å². The van der Waals surface area contributed by atoms with Crippen LogP contribution >= 0.6 is 0 Å². The first-order valence-corrected chi connectivity index (χ1v) is 9.93. The van der Waals surface area contributed by atoms with Crippen LogP contribution in [0.15, 0.2) is 65.6 Å². The quantitative estimate of drug-likeness (QED) is 0.399. The molecule has 2 aromatic carbocycles. The molecule has 4 rings (SSSR count). The van der Waals surface area contributed by atoms with Crippen molar-refractivity contribution in [2.75, 3.05) is 13.2 Å². The third kappa shape index (κ3) is 4.65. The molecular formula is C23H23N5O3. The van der Waals surface area contributed by atoms with E-state index in [0.717, 1.165) is 27.9 Å². The molecule has 2 aromatic heterocycles. The number of hydrogen-bond acceptors (Lipinski definition) is 5. The second-order valence-corrected chi connectivity index (χ2v) is 7.11. The third-order valence-corrected chi connectivity index (χ3v) is 4.85. The summed E-state index contributed by atoms with van der Waals surface area (Å²) in [5.74, 6) is 0.599. The standard InChI is InChI=1S/C23H23N5O3/c1-15(29)25-9-10-31-20-4-2-3-17(11-20)21-12-18-14-28(23(30)27-22(18)26-21)19-7-5-16(13-24)6-8-19/h2-8,11-12,14H,9-10,13,24H2,1H3,(H,25,29)(H,26,27,30). The van der Waals surface area contributed by atoms with Crippen molar-refractivity contribution in [1.29, 1.82) is 0 Å². The van der Waals surface area contributed by atoms with Gasteiger partial charge < -0.3 is 20.8 Å². The lowest BCUT2D eigenvalue weighted by Crippen LogP contribution is -2.25. The van der Waals surface area contributed by atoms with Crippen molar-refractivity contribution in [3.8, 4) is 22.7 Å². The van der Waals surface area contributed by atoms with Crippen LogP contribution in [-0.4, -0.2) is 33.6 Å². The predicted octanol–water partition coefficient (Wildman–Crippen LogP) is 2.35. The van der Waals surface area contributed by atoms with Gasteiger partial charge in [0.25, 0.3) is 0 Å². The highest BCUT2D eigenvalue weighted by atomic mass is 16.5. The van der Waals surface area contributed by atoms with Crippen molar-refractivity contribution in [3.63, 3.8) is 0 Å². The van der Waals surface area contributed by atoms with Gasteiger partial charge in [0.05, 0.1) is 12.2 Å². The topological polar surface area (TPSA) is 115 Å². The summed E-state index contributed by atoms with van der Waals surface area (Å²) in [5.41, 5.74) is 9.26. The number of nitrogens with one attached hydrogen (secondary N) is 2. The first-order chi connectivity index (χ1) is 15.0. The number of ether oxygens (including phenoxy) is 1. The monoisotopic (exact) mass is 417 g/mol. The minimum absolute atomic E-state index is 0.0896. The fraction of sp³-hybridized carbons (Fsp3) is 0.174. The lowest BCUT2D eigenvalue weighted by Gasteiger charge is -2.07. The van der Waals surface area contributed by atoms with Crippen LogP contribution in [0.2, 0.25) is 0 Å². The molecule has 0 atom stereocenters. The largest absolute Gasteiger partial charge is 0.492 e. The van der Waals surface area contributed by atoms with E-state index in [4.69, 9.17) is 10.5 Å². The number of H-pyrrole nitrogens is 1. The average molecular weight is 417 g/mol. The summed E-state index contributed by atoms with van der Waals surface area (Å²) < 4.78 is 7.22. The average Bonchev–Trinajstić information content (AvgIpc) is 3.19. The van der Waals surface area contributed by atoms with E-state index in [2.05, 4.69) is 15.3 Å². The zero-order chi connectivity index (χ0) is 21.8. The molecule has 2 heterocycles. The fourth-order valence-electron chi connectivity index (χ4n) is 3.28. The SMILES string of the molecule is CC(=O)NCCOc1cccc(-c2cc3cn(-c4ccc(CN)cc4)c(=O)nc3[nH]2)c1. The molecule has 0 aliphatic carbocycles. The highest BCUT2D eigenvalue weighted by Crippen LogP contribution is 2.26. The summed E-state index contributed by atoms with van der Waals surface area (Å²) in [6.45, 7) is 2.73. The van der Waals surface area contributed by atoms with Gasteiger partial charge in [0.15, 0.2) is 0 Å². The number of benzene rings is 2. The van der Waals surface area contributed by atoms with Gasteiger partial charge in [-0.05, 0) is 35.9 Å². The summed E-state index contributed by atoms with van der Waals surface area (Å²) in [6.07, 6.45) is 1.77. The van der Waals surface area contributed by atoms with Crippen molar-refractivity contribution in [2.24, 2.45) is 5.73 Å². The molecule has 0 saturated carbocycles. The van der Waals surface area contributed by atoms with Crippen LogP contribution in [0.25, 0.3) is 28.0 Å². The van der Waals surface area contributed by atoms with E-state index < -0.39 is 0 Å². The van der Waals surface area contributed by atoms with Crippen LogP contribution in [0.4, 0.5) is 0 Å². The number of nitrogens with two attached hydrogens (primary N) is 1. The van der Waals surface area contributed by atoms with Gasteiger partial charge in [0.2, 0.25) is 5.91 Å². The van der Waals surface area contributed by atoms with Crippen molar-refractivity contribution in [1.82, 2.24) is 19.9 Å². The summed E-state index contributed by atoms with van der Waals surface area (Å²) >= 11 is 0. The Balaban J connectivity index is 1.60.